The van der Waals surface area contributed by atoms with E-state index in [0.717, 1.165) is 38.3 Å². The smallest absolute Gasteiger partial charge is 0.275 e. The van der Waals surface area contributed by atoms with Crippen molar-refractivity contribution in [3.8, 4) is 5.75 Å². The van der Waals surface area contributed by atoms with E-state index in [1.165, 1.54) is 29.8 Å². The van der Waals surface area contributed by atoms with Crippen molar-refractivity contribution in [2.24, 2.45) is 5.92 Å². The van der Waals surface area contributed by atoms with E-state index in [-0.39, 0.29) is 5.91 Å². The minimum atomic E-state index is 0.224. The number of piperazine rings is 1. The van der Waals surface area contributed by atoms with Gasteiger partial charge in [-0.3, -0.25) is 4.79 Å². The quantitative estimate of drug-likeness (QED) is 0.808. The summed E-state index contributed by atoms with van der Waals surface area (Å²) in [6.07, 6.45) is 4.95. The Balaban J connectivity index is 1.47. The Kier molecular flexibility index (Phi) is 6.78. The van der Waals surface area contributed by atoms with Gasteiger partial charge in [-0.2, -0.15) is 0 Å². The second-order valence-corrected chi connectivity index (χ2v) is 7.75. The number of ether oxygens (including phenoxy) is 1. The molecule has 2 fully saturated rings. The highest BCUT2D eigenvalue weighted by Gasteiger charge is 2.27. The van der Waals surface area contributed by atoms with Gasteiger partial charge in [0.25, 0.3) is 5.91 Å². The highest BCUT2D eigenvalue weighted by Crippen LogP contribution is 2.27. The zero-order chi connectivity index (χ0) is 18.4. The second-order valence-electron chi connectivity index (χ2n) is 7.75. The summed E-state index contributed by atoms with van der Waals surface area (Å²) >= 11 is 0. The summed E-state index contributed by atoms with van der Waals surface area (Å²) < 4.78 is 5.76. The summed E-state index contributed by atoms with van der Waals surface area (Å²) in [6.45, 7) is 9.49. The average molecular weight is 361 g/mol. The van der Waals surface area contributed by atoms with Crippen LogP contribution in [0.5, 0.6) is 5.75 Å². The number of nitrogens with one attached hydrogen (secondary N) is 2. The summed E-state index contributed by atoms with van der Waals surface area (Å²) in [4.78, 5) is 16.2. The van der Waals surface area contributed by atoms with Crippen molar-refractivity contribution < 1.29 is 14.4 Å². The Morgan fingerprint density at radius 1 is 1.23 bits per heavy atom. The topological polar surface area (TPSA) is 46.0 Å². The summed E-state index contributed by atoms with van der Waals surface area (Å²) in [5.41, 5.74) is 1.17. The van der Waals surface area contributed by atoms with Crippen LogP contribution in [-0.2, 0) is 4.79 Å². The van der Waals surface area contributed by atoms with Gasteiger partial charge in [-0.15, -0.1) is 0 Å². The van der Waals surface area contributed by atoms with Crippen molar-refractivity contribution in [3.05, 3.63) is 24.3 Å². The van der Waals surface area contributed by atoms with E-state index in [9.17, 15) is 4.79 Å². The van der Waals surface area contributed by atoms with E-state index in [2.05, 4.69) is 29.3 Å². The predicted molar refractivity (Wildman–Crippen MR) is 105 cm³/mol. The Hall–Kier alpha value is -1.75. The van der Waals surface area contributed by atoms with Crippen LogP contribution in [0, 0.1) is 5.92 Å². The first kappa shape index (κ1) is 19.0. The largest absolute Gasteiger partial charge is 0.492 e. The van der Waals surface area contributed by atoms with E-state index in [1.807, 2.05) is 19.1 Å². The minimum absolute atomic E-state index is 0.224. The van der Waals surface area contributed by atoms with Crippen molar-refractivity contribution in [1.29, 1.82) is 0 Å². The molecule has 5 nitrogen and oxygen atoms in total. The normalized spacial score (nSPS) is 24.3. The zero-order valence-corrected chi connectivity index (χ0v) is 16.3. The van der Waals surface area contributed by atoms with Gasteiger partial charge in [0.1, 0.15) is 5.75 Å². The van der Waals surface area contributed by atoms with Crippen LogP contribution in [0.3, 0.4) is 0 Å². The fourth-order valence-corrected chi connectivity index (χ4v) is 4.25. The summed E-state index contributed by atoms with van der Waals surface area (Å²) in [5, 5.41) is 3.29. The lowest BCUT2D eigenvalue weighted by atomic mass is 9.86. The standard InChI is InChI=1S/C21H33N3O2/c1-3-26-20-11-7-6-10-19(20)24-14-12-23(13-15-24)16-21(25)22-18-9-5-4-8-17(18)2/h6-7,10-11,17-18H,3-5,8-9,12-16H2,1-2H3,(H,22,25)/p+1/t17-,18+/m0/s1. The van der Waals surface area contributed by atoms with Crippen molar-refractivity contribution in [2.45, 2.75) is 45.6 Å². The molecule has 1 amide bonds. The number of benzene rings is 1. The van der Waals surface area contributed by atoms with Crippen LogP contribution in [0.15, 0.2) is 24.3 Å². The molecule has 0 unspecified atom stereocenters. The molecule has 5 heteroatoms. The lowest BCUT2D eigenvalue weighted by molar-refractivity contribution is -0.892. The van der Waals surface area contributed by atoms with E-state index >= 15 is 0 Å². The number of carbonyl (C=O) groups excluding carboxylic acids is 1. The Labute approximate surface area is 157 Å². The van der Waals surface area contributed by atoms with Crippen molar-refractivity contribution in [2.75, 3.05) is 44.2 Å². The number of amides is 1. The number of para-hydroxylation sites is 2. The molecule has 2 N–H and O–H groups in total. The summed E-state index contributed by atoms with van der Waals surface area (Å²) in [6, 6.07) is 8.64. The number of anilines is 1. The minimum Gasteiger partial charge on any atom is -0.492 e. The molecule has 0 bridgehead atoms. The molecule has 0 radical (unpaired) electrons. The first-order chi connectivity index (χ1) is 12.7. The summed E-state index contributed by atoms with van der Waals surface area (Å²) in [7, 11) is 0. The molecule has 1 aromatic rings. The molecular weight excluding hydrogens is 326 g/mol. The molecular formula is C21H34N3O2+. The van der Waals surface area contributed by atoms with Crippen LogP contribution in [-0.4, -0.2) is 51.3 Å². The molecule has 1 saturated carbocycles. The van der Waals surface area contributed by atoms with Crippen molar-refractivity contribution in [3.63, 3.8) is 0 Å². The molecule has 1 aromatic carbocycles. The van der Waals surface area contributed by atoms with Gasteiger partial charge in [0.05, 0.1) is 38.5 Å². The highest BCUT2D eigenvalue weighted by molar-refractivity contribution is 5.77. The third kappa shape index (κ3) is 4.91. The molecule has 3 rings (SSSR count). The van der Waals surface area contributed by atoms with E-state index < -0.39 is 0 Å². The van der Waals surface area contributed by atoms with Gasteiger partial charge >= 0.3 is 0 Å². The molecule has 1 aliphatic carbocycles. The molecule has 2 atom stereocenters. The van der Waals surface area contributed by atoms with Crippen LogP contribution in [0.2, 0.25) is 0 Å². The van der Waals surface area contributed by atoms with E-state index in [0.29, 0.717) is 25.1 Å². The number of hydrogen-bond acceptors (Lipinski definition) is 3. The van der Waals surface area contributed by atoms with Gasteiger partial charge in [0.2, 0.25) is 0 Å². The number of carbonyl (C=O) groups is 1. The highest BCUT2D eigenvalue weighted by atomic mass is 16.5. The maximum atomic E-state index is 12.5. The predicted octanol–water partition coefficient (Wildman–Crippen LogP) is 1.49. The van der Waals surface area contributed by atoms with Crippen molar-refractivity contribution in [1.82, 2.24) is 5.32 Å². The van der Waals surface area contributed by atoms with E-state index in [1.54, 1.807) is 0 Å². The molecule has 1 heterocycles. The van der Waals surface area contributed by atoms with Crippen LogP contribution < -0.4 is 19.9 Å². The first-order valence-corrected chi connectivity index (χ1v) is 10.3. The maximum absolute atomic E-state index is 12.5. The van der Waals surface area contributed by atoms with Crippen LogP contribution in [0.1, 0.15) is 39.5 Å². The number of nitrogens with zero attached hydrogens (tertiary/aromatic N) is 1. The second kappa shape index (κ2) is 9.26. The Bertz CT molecular complexity index is 584. The molecule has 1 aliphatic heterocycles. The zero-order valence-electron chi connectivity index (χ0n) is 16.3. The lowest BCUT2D eigenvalue weighted by Gasteiger charge is -2.35. The van der Waals surface area contributed by atoms with Crippen molar-refractivity contribution >= 4 is 11.6 Å². The summed E-state index contributed by atoms with van der Waals surface area (Å²) in [5.74, 6) is 1.80. The SMILES string of the molecule is CCOc1ccccc1N1CC[NH+](CC(=O)N[C@@H]2CCCC[C@@H]2C)CC1. The van der Waals surface area contributed by atoms with Gasteiger partial charge in [-0.1, -0.05) is 31.9 Å². The monoisotopic (exact) mass is 360 g/mol. The number of hydrogen-bond donors (Lipinski definition) is 2. The van der Waals surface area contributed by atoms with Crippen LogP contribution in [0.4, 0.5) is 5.69 Å². The molecule has 26 heavy (non-hydrogen) atoms. The number of quaternary nitrogens is 1. The molecule has 1 saturated heterocycles. The van der Waals surface area contributed by atoms with Gasteiger partial charge in [-0.05, 0) is 37.8 Å². The maximum Gasteiger partial charge on any atom is 0.275 e. The van der Waals surface area contributed by atoms with Gasteiger partial charge in [0.15, 0.2) is 6.54 Å². The van der Waals surface area contributed by atoms with Crippen LogP contribution in [0.25, 0.3) is 0 Å². The molecule has 0 spiro atoms. The third-order valence-electron chi connectivity index (χ3n) is 5.84. The first-order valence-electron chi connectivity index (χ1n) is 10.3. The van der Waals surface area contributed by atoms with Gasteiger partial charge < -0.3 is 19.9 Å². The van der Waals surface area contributed by atoms with Gasteiger partial charge in [0, 0.05) is 6.04 Å². The Morgan fingerprint density at radius 2 is 1.96 bits per heavy atom. The average Bonchev–Trinajstić information content (AvgIpc) is 2.65. The number of rotatable bonds is 6. The van der Waals surface area contributed by atoms with E-state index in [4.69, 9.17) is 4.74 Å². The fraction of sp³-hybridized carbons (Fsp3) is 0.667. The van der Waals surface area contributed by atoms with Crippen LogP contribution >= 0.6 is 0 Å². The fourth-order valence-electron chi connectivity index (χ4n) is 4.25. The molecule has 0 aromatic heterocycles. The molecule has 2 aliphatic rings. The molecule has 144 valence electrons. The lowest BCUT2D eigenvalue weighted by Crippen LogP contribution is -3.16. The van der Waals surface area contributed by atoms with Gasteiger partial charge in [-0.25, -0.2) is 0 Å². The third-order valence-corrected chi connectivity index (χ3v) is 5.84. The Morgan fingerprint density at radius 3 is 2.69 bits per heavy atom.